The number of anilines is 2. The molecular weight excluding hydrogens is 223 g/mol. The van der Waals surface area contributed by atoms with Crippen LogP contribution in [0.5, 0.6) is 11.6 Å². The van der Waals surface area contributed by atoms with Crippen molar-refractivity contribution in [3.8, 4) is 11.6 Å². The Morgan fingerprint density at radius 1 is 1.29 bits per heavy atom. The van der Waals surface area contributed by atoms with Crippen LogP contribution in [0.2, 0.25) is 0 Å². The average Bonchev–Trinajstić information content (AvgIpc) is 2.28. The number of hydrogen-bond acceptors (Lipinski definition) is 5. The minimum Gasteiger partial charge on any atom is -0.439 e. The zero-order valence-electron chi connectivity index (χ0n) is 9.14. The molecule has 0 bridgehead atoms. The number of halogens is 1. The molecule has 0 fully saturated rings. The van der Waals surface area contributed by atoms with Gasteiger partial charge >= 0.3 is 0 Å². The molecule has 0 aliphatic rings. The maximum Gasteiger partial charge on any atom is 0.226 e. The standard InChI is InChI=1S/C11H11FN4O/c1-14-9-6-10(16-11(13)15-9)17-8-4-2-3-7(12)5-8/h2-6H,1H3,(H3,13,14,15,16). The normalized spacial score (nSPS) is 10.0. The molecule has 5 nitrogen and oxygen atoms in total. The van der Waals surface area contributed by atoms with Crippen molar-refractivity contribution in [2.45, 2.75) is 0 Å². The van der Waals surface area contributed by atoms with Gasteiger partial charge < -0.3 is 15.8 Å². The summed E-state index contributed by atoms with van der Waals surface area (Å²) in [6.45, 7) is 0. The number of nitrogen functional groups attached to an aromatic ring is 1. The highest BCUT2D eigenvalue weighted by molar-refractivity contribution is 5.43. The predicted molar refractivity (Wildman–Crippen MR) is 62.5 cm³/mol. The maximum absolute atomic E-state index is 12.9. The number of ether oxygens (including phenoxy) is 1. The van der Waals surface area contributed by atoms with E-state index >= 15 is 0 Å². The highest BCUT2D eigenvalue weighted by Crippen LogP contribution is 2.22. The van der Waals surface area contributed by atoms with Gasteiger partial charge in [-0.1, -0.05) is 6.07 Å². The fourth-order valence-corrected chi connectivity index (χ4v) is 1.27. The summed E-state index contributed by atoms with van der Waals surface area (Å²) in [7, 11) is 1.70. The van der Waals surface area contributed by atoms with Crippen LogP contribution in [0.1, 0.15) is 0 Å². The third kappa shape index (κ3) is 2.81. The van der Waals surface area contributed by atoms with Crippen molar-refractivity contribution >= 4 is 11.8 Å². The largest absolute Gasteiger partial charge is 0.439 e. The lowest BCUT2D eigenvalue weighted by Gasteiger charge is -2.07. The van der Waals surface area contributed by atoms with E-state index in [1.165, 1.54) is 12.1 Å². The Morgan fingerprint density at radius 3 is 2.82 bits per heavy atom. The van der Waals surface area contributed by atoms with E-state index < -0.39 is 0 Å². The lowest BCUT2D eigenvalue weighted by atomic mass is 10.3. The Balaban J connectivity index is 2.26. The van der Waals surface area contributed by atoms with Crippen LogP contribution in [0.3, 0.4) is 0 Å². The topological polar surface area (TPSA) is 73.1 Å². The van der Waals surface area contributed by atoms with Gasteiger partial charge in [0.2, 0.25) is 11.8 Å². The summed E-state index contributed by atoms with van der Waals surface area (Å²) in [6, 6.07) is 7.34. The van der Waals surface area contributed by atoms with Crippen LogP contribution in [-0.4, -0.2) is 17.0 Å². The average molecular weight is 234 g/mol. The summed E-state index contributed by atoms with van der Waals surface area (Å²) in [5, 5.41) is 2.82. The number of nitrogens with zero attached hydrogens (tertiary/aromatic N) is 2. The number of hydrogen-bond donors (Lipinski definition) is 2. The van der Waals surface area contributed by atoms with Crippen molar-refractivity contribution in [1.29, 1.82) is 0 Å². The van der Waals surface area contributed by atoms with Crippen LogP contribution < -0.4 is 15.8 Å². The van der Waals surface area contributed by atoms with Crippen LogP contribution >= 0.6 is 0 Å². The second kappa shape index (κ2) is 4.65. The van der Waals surface area contributed by atoms with E-state index in [1.807, 2.05) is 0 Å². The molecule has 3 N–H and O–H groups in total. The zero-order valence-corrected chi connectivity index (χ0v) is 9.14. The first-order valence-corrected chi connectivity index (χ1v) is 4.93. The maximum atomic E-state index is 12.9. The lowest BCUT2D eigenvalue weighted by Crippen LogP contribution is -2.01. The molecule has 0 amide bonds. The van der Waals surface area contributed by atoms with E-state index in [4.69, 9.17) is 10.5 Å². The van der Waals surface area contributed by atoms with Gasteiger partial charge in [0.25, 0.3) is 0 Å². The molecule has 0 aliphatic heterocycles. The van der Waals surface area contributed by atoms with Crippen molar-refractivity contribution in [1.82, 2.24) is 9.97 Å². The van der Waals surface area contributed by atoms with Gasteiger partial charge in [-0.2, -0.15) is 9.97 Å². The van der Waals surface area contributed by atoms with Crippen LogP contribution in [0, 0.1) is 5.82 Å². The molecule has 0 spiro atoms. The van der Waals surface area contributed by atoms with Crippen molar-refractivity contribution in [2.24, 2.45) is 0 Å². The highest BCUT2D eigenvalue weighted by Gasteiger charge is 2.04. The van der Waals surface area contributed by atoms with Crippen molar-refractivity contribution < 1.29 is 9.13 Å². The number of nitrogens with two attached hydrogens (primary N) is 1. The van der Waals surface area contributed by atoms with Crippen LogP contribution in [-0.2, 0) is 0 Å². The van der Waals surface area contributed by atoms with Gasteiger partial charge in [-0.15, -0.1) is 0 Å². The Kier molecular flexibility index (Phi) is 3.04. The molecule has 2 aromatic rings. The highest BCUT2D eigenvalue weighted by atomic mass is 19.1. The molecule has 6 heteroatoms. The third-order valence-corrected chi connectivity index (χ3v) is 1.99. The second-order valence-corrected chi connectivity index (χ2v) is 3.26. The minimum atomic E-state index is -0.377. The summed E-state index contributed by atoms with van der Waals surface area (Å²) >= 11 is 0. The van der Waals surface area contributed by atoms with Gasteiger partial charge in [-0.05, 0) is 12.1 Å². The van der Waals surface area contributed by atoms with Gasteiger partial charge in [0.1, 0.15) is 17.4 Å². The number of rotatable bonds is 3. The van der Waals surface area contributed by atoms with Crippen molar-refractivity contribution in [3.05, 3.63) is 36.1 Å². The molecule has 17 heavy (non-hydrogen) atoms. The smallest absolute Gasteiger partial charge is 0.226 e. The van der Waals surface area contributed by atoms with Crippen LogP contribution in [0.15, 0.2) is 30.3 Å². The fraction of sp³-hybridized carbons (Fsp3) is 0.0909. The molecule has 1 aromatic carbocycles. The Morgan fingerprint density at radius 2 is 2.12 bits per heavy atom. The molecule has 1 heterocycles. The zero-order chi connectivity index (χ0) is 12.3. The van der Waals surface area contributed by atoms with Gasteiger partial charge in [-0.3, -0.25) is 0 Å². The molecule has 88 valence electrons. The van der Waals surface area contributed by atoms with Gasteiger partial charge in [0.05, 0.1) is 0 Å². The third-order valence-electron chi connectivity index (χ3n) is 1.99. The summed E-state index contributed by atoms with van der Waals surface area (Å²) in [4.78, 5) is 7.80. The fourth-order valence-electron chi connectivity index (χ4n) is 1.27. The molecule has 1 aromatic heterocycles. The first-order valence-electron chi connectivity index (χ1n) is 4.93. The van der Waals surface area contributed by atoms with Crippen molar-refractivity contribution in [3.63, 3.8) is 0 Å². The molecule has 0 saturated carbocycles. The summed E-state index contributed by atoms with van der Waals surface area (Å²) in [6.07, 6.45) is 0. The summed E-state index contributed by atoms with van der Waals surface area (Å²) in [5.41, 5.74) is 5.50. The minimum absolute atomic E-state index is 0.0863. The number of benzene rings is 1. The van der Waals surface area contributed by atoms with Crippen LogP contribution in [0.4, 0.5) is 16.2 Å². The molecule has 0 atom stereocenters. The van der Waals surface area contributed by atoms with E-state index in [-0.39, 0.29) is 17.6 Å². The summed E-state index contributed by atoms with van der Waals surface area (Å²) in [5.74, 6) is 0.850. The Labute approximate surface area is 97.5 Å². The van der Waals surface area contributed by atoms with E-state index in [2.05, 4.69) is 15.3 Å². The van der Waals surface area contributed by atoms with E-state index in [9.17, 15) is 4.39 Å². The Bertz CT molecular complexity index is 533. The summed E-state index contributed by atoms with van der Waals surface area (Å²) < 4.78 is 18.3. The number of nitrogens with one attached hydrogen (secondary N) is 1. The molecule has 0 unspecified atom stereocenters. The van der Waals surface area contributed by atoms with Gasteiger partial charge in [0.15, 0.2) is 0 Å². The van der Waals surface area contributed by atoms with E-state index in [1.54, 1.807) is 25.2 Å². The molecule has 0 radical (unpaired) electrons. The second-order valence-electron chi connectivity index (χ2n) is 3.26. The van der Waals surface area contributed by atoms with Gasteiger partial charge in [-0.25, -0.2) is 4.39 Å². The number of aromatic nitrogens is 2. The predicted octanol–water partition coefficient (Wildman–Crippen LogP) is 2.03. The van der Waals surface area contributed by atoms with E-state index in [0.717, 1.165) is 0 Å². The SMILES string of the molecule is CNc1cc(Oc2cccc(F)c2)nc(N)n1. The van der Waals surface area contributed by atoms with E-state index in [0.29, 0.717) is 11.6 Å². The van der Waals surface area contributed by atoms with Crippen LogP contribution in [0.25, 0.3) is 0 Å². The Hall–Kier alpha value is -2.37. The molecule has 0 saturated heterocycles. The monoisotopic (exact) mass is 234 g/mol. The van der Waals surface area contributed by atoms with Crippen molar-refractivity contribution in [2.75, 3.05) is 18.1 Å². The first-order chi connectivity index (χ1) is 8.17. The molecule has 2 rings (SSSR count). The molecular formula is C11H11FN4O. The first kappa shape index (κ1) is 11.1. The quantitative estimate of drug-likeness (QED) is 0.850. The lowest BCUT2D eigenvalue weighted by molar-refractivity contribution is 0.458. The van der Waals surface area contributed by atoms with Gasteiger partial charge in [0, 0.05) is 19.2 Å². The molecule has 0 aliphatic carbocycles.